The largest absolute Gasteiger partial charge is 0.508 e. The maximum Gasteiger partial charge on any atom is 0.345 e. The highest BCUT2D eigenvalue weighted by Crippen LogP contribution is 2.52. The van der Waals surface area contributed by atoms with E-state index in [1.54, 1.807) is 13.2 Å². The number of hydrogen-bond donors (Lipinski definition) is 1. The second-order valence-corrected chi connectivity index (χ2v) is 23.2. The smallest absolute Gasteiger partial charge is 0.345 e. The van der Waals surface area contributed by atoms with E-state index < -0.39 is 56.5 Å². The number of methoxy groups -OCH3 is 1. The number of rotatable bonds is 3. The van der Waals surface area contributed by atoms with Crippen molar-refractivity contribution in [3.63, 3.8) is 0 Å². The lowest BCUT2D eigenvalue weighted by Gasteiger charge is -2.45. The molecule has 1 fully saturated rings. The first kappa shape index (κ1) is 44.6. The summed E-state index contributed by atoms with van der Waals surface area (Å²) in [5, 5.41) is 12.4. The topological polar surface area (TPSA) is 146 Å². The Labute approximate surface area is 379 Å². The molecule has 4 heterocycles. The standard InChI is InChI=1S/C55H62O10/c1-51(2,3)35-21-27(19-31-39-41(49(59)62-43(31)35)33-23-29(56)24-37(53(7,8)9)45(33)64-47(39)57)55(17-15-14-16-18-55)28-20-32-40-42(50(60)63-44(32)36(22-28)52(4,5)6)34-25-30(61-13)26-38(54(10,11)12)46(34)65-48(40)58/h19-25,34,38,46,56H,14-18,26H2,1-13H3. The van der Waals surface area contributed by atoms with Crippen LogP contribution >= 0.6 is 0 Å². The number of benzene rings is 3. The zero-order valence-corrected chi connectivity index (χ0v) is 40.1. The fourth-order valence-corrected chi connectivity index (χ4v) is 11.3. The van der Waals surface area contributed by atoms with E-state index in [2.05, 4.69) is 74.4 Å². The number of phenolic OH excluding ortho intramolecular Hbond substituents is 1. The summed E-state index contributed by atoms with van der Waals surface area (Å²) in [4.78, 5) is 57.9. The van der Waals surface area contributed by atoms with Gasteiger partial charge in [0.25, 0.3) is 0 Å². The van der Waals surface area contributed by atoms with Gasteiger partial charge < -0.3 is 27.8 Å². The minimum absolute atomic E-state index is 0.0566. The van der Waals surface area contributed by atoms with E-state index in [1.807, 2.05) is 39.0 Å². The van der Waals surface area contributed by atoms with Crippen molar-refractivity contribution in [1.29, 1.82) is 0 Å². The van der Waals surface area contributed by atoms with Gasteiger partial charge in [0.05, 0.1) is 40.7 Å². The van der Waals surface area contributed by atoms with Crippen LogP contribution in [0.2, 0.25) is 0 Å². The van der Waals surface area contributed by atoms with Gasteiger partial charge in [0.2, 0.25) is 0 Å². The molecule has 3 aromatic heterocycles. The molecule has 1 aliphatic heterocycles. The van der Waals surface area contributed by atoms with Crippen LogP contribution in [0.3, 0.4) is 0 Å². The van der Waals surface area contributed by atoms with E-state index in [4.69, 9.17) is 22.7 Å². The van der Waals surface area contributed by atoms with Crippen molar-refractivity contribution in [3.8, 4) is 5.75 Å². The highest BCUT2D eigenvalue weighted by Gasteiger charge is 2.50. The molecule has 0 saturated heterocycles. The Morgan fingerprint density at radius 3 is 1.60 bits per heavy atom. The summed E-state index contributed by atoms with van der Waals surface area (Å²) in [6, 6.07) is 11.3. The predicted octanol–water partition coefficient (Wildman–Crippen LogP) is 12.2. The number of carbonyl (C=O) groups is 1. The Kier molecular flexibility index (Phi) is 10.1. The SMILES string of the molecule is COC1=CC2c3c(c4cc(C5(c6cc(C(C)(C)C)c7oc(=O)c8c9cc(O)cc(C(C)(C)C)c9oc(=O)c8c7c6)CCCCC5)cc(C(C)(C)C)c4oc3=O)C(=O)OC2C(C(C)(C)C)C1. The molecule has 3 aliphatic rings. The van der Waals surface area contributed by atoms with Crippen molar-refractivity contribution in [2.24, 2.45) is 11.3 Å². The first-order chi connectivity index (χ1) is 30.2. The van der Waals surface area contributed by atoms with Gasteiger partial charge in [-0.3, -0.25) is 0 Å². The quantitative estimate of drug-likeness (QED) is 0.103. The minimum atomic E-state index is -0.689. The van der Waals surface area contributed by atoms with Crippen LogP contribution in [0.15, 0.2) is 75.9 Å². The highest BCUT2D eigenvalue weighted by atomic mass is 16.5. The molecular weight excluding hydrogens is 821 g/mol. The van der Waals surface area contributed by atoms with Gasteiger partial charge in [-0.15, -0.1) is 0 Å². The molecule has 342 valence electrons. The van der Waals surface area contributed by atoms with Crippen molar-refractivity contribution in [1.82, 2.24) is 0 Å². The molecule has 10 heteroatoms. The van der Waals surface area contributed by atoms with E-state index in [9.17, 15) is 24.3 Å². The Morgan fingerprint density at radius 2 is 1.09 bits per heavy atom. The average molecular weight is 883 g/mol. The Bertz CT molecular complexity index is 3210. The van der Waals surface area contributed by atoms with Crippen LogP contribution in [0, 0.1) is 11.3 Å². The van der Waals surface area contributed by atoms with Crippen molar-refractivity contribution in [3.05, 3.63) is 118 Å². The number of fused-ring (bicyclic) bond motifs is 10. The molecule has 3 unspecified atom stereocenters. The maximum atomic E-state index is 14.7. The number of aromatic hydroxyl groups is 1. The summed E-state index contributed by atoms with van der Waals surface area (Å²) < 4.78 is 31.2. The molecule has 1 saturated carbocycles. The molecule has 2 aliphatic carbocycles. The number of carbonyl (C=O) groups excluding carboxylic acids is 1. The third-order valence-corrected chi connectivity index (χ3v) is 14.7. The lowest BCUT2D eigenvalue weighted by atomic mass is 9.63. The third-order valence-electron chi connectivity index (χ3n) is 14.7. The van der Waals surface area contributed by atoms with Crippen molar-refractivity contribution >= 4 is 49.6 Å². The molecule has 0 spiro atoms. The number of allylic oxidation sites excluding steroid dienone is 1. The summed E-state index contributed by atoms with van der Waals surface area (Å²) >= 11 is 0. The van der Waals surface area contributed by atoms with Gasteiger partial charge in [-0.25, -0.2) is 19.2 Å². The van der Waals surface area contributed by atoms with Gasteiger partial charge in [-0.05, 0) is 76.0 Å². The molecule has 6 aromatic rings. The van der Waals surface area contributed by atoms with Crippen molar-refractivity contribution in [2.75, 3.05) is 7.11 Å². The van der Waals surface area contributed by atoms with Gasteiger partial charge >= 0.3 is 22.8 Å². The molecule has 0 radical (unpaired) electrons. The number of phenols is 1. The molecule has 0 amide bonds. The van der Waals surface area contributed by atoms with Crippen molar-refractivity contribution < 1.29 is 32.6 Å². The highest BCUT2D eigenvalue weighted by molar-refractivity contribution is 6.14. The molecule has 3 atom stereocenters. The molecular formula is C55H62O10. The normalized spacial score (nSPS) is 20.5. The first-order valence-corrected chi connectivity index (χ1v) is 23.1. The van der Waals surface area contributed by atoms with Gasteiger partial charge in [0.1, 0.15) is 28.6 Å². The zero-order valence-electron chi connectivity index (χ0n) is 40.1. The van der Waals surface area contributed by atoms with Gasteiger partial charge in [-0.2, -0.15) is 0 Å². The summed E-state index contributed by atoms with van der Waals surface area (Å²) in [5.41, 5.74) is 0.956. The summed E-state index contributed by atoms with van der Waals surface area (Å²) in [6.45, 7) is 24.6. The lowest BCUT2D eigenvalue weighted by Crippen LogP contribution is -2.46. The van der Waals surface area contributed by atoms with Crippen LogP contribution in [-0.2, 0) is 31.1 Å². The minimum Gasteiger partial charge on any atom is -0.508 e. The molecule has 3 aromatic carbocycles. The number of ether oxygens (including phenoxy) is 2. The molecule has 1 N–H and O–H groups in total. The Balaban J connectivity index is 1.39. The van der Waals surface area contributed by atoms with E-state index in [0.29, 0.717) is 44.9 Å². The van der Waals surface area contributed by atoms with Crippen LogP contribution in [0.1, 0.15) is 171 Å². The fourth-order valence-electron chi connectivity index (χ4n) is 11.3. The van der Waals surface area contributed by atoms with Crippen LogP contribution < -0.4 is 16.9 Å². The van der Waals surface area contributed by atoms with Crippen LogP contribution in [0.5, 0.6) is 5.75 Å². The fraction of sp³-hybridized carbons (Fsp3) is 0.491. The van der Waals surface area contributed by atoms with Gasteiger partial charge in [0.15, 0.2) is 0 Å². The first-order valence-electron chi connectivity index (χ1n) is 23.1. The van der Waals surface area contributed by atoms with Gasteiger partial charge in [0, 0.05) is 50.6 Å². The predicted molar refractivity (Wildman–Crippen MR) is 255 cm³/mol. The zero-order chi connectivity index (χ0) is 47.1. The van der Waals surface area contributed by atoms with Crippen molar-refractivity contribution in [2.45, 2.75) is 155 Å². The van der Waals surface area contributed by atoms with Gasteiger partial charge in [-0.1, -0.05) is 114 Å². The third kappa shape index (κ3) is 7.03. The Hall–Kier alpha value is -5.64. The molecule has 10 nitrogen and oxygen atoms in total. The number of hydrogen-bond acceptors (Lipinski definition) is 10. The van der Waals surface area contributed by atoms with Crippen LogP contribution in [0.4, 0.5) is 0 Å². The second-order valence-electron chi connectivity index (χ2n) is 23.2. The number of esters is 1. The van der Waals surface area contributed by atoms with E-state index >= 15 is 0 Å². The van der Waals surface area contributed by atoms with E-state index in [1.165, 1.54) is 6.07 Å². The Morgan fingerprint density at radius 1 is 0.615 bits per heavy atom. The molecule has 0 bridgehead atoms. The maximum absolute atomic E-state index is 14.7. The summed E-state index contributed by atoms with van der Waals surface area (Å²) in [7, 11) is 1.63. The van der Waals surface area contributed by atoms with Crippen LogP contribution in [-0.4, -0.2) is 24.3 Å². The monoisotopic (exact) mass is 882 g/mol. The second kappa shape index (κ2) is 14.7. The average Bonchev–Trinajstić information content (AvgIpc) is 3.21. The van der Waals surface area contributed by atoms with Crippen LogP contribution in [0.25, 0.3) is 43.7 Å². The lowest BCUT2D eigenvalue weighted by molar-refractivity contribution is -0.0289. The van der Waals surface area contributed by atoms with E-state index in [-0.39, 0.29) is 39.0 Å². The van der Waals surface area contributed by atoms with E-state index in [0.717, 1.165) is 60.1 Å². The summed E-state index contributed by atoms with van der Waals surface area (Å²) in [6.07, 6.45) is 6.25. The molecule has 65 heavy (non-hydrogen) atoms. The molecule has 9 rings (SSSR count). The summed E-state index contributed by atoms with van der Waals surface area (Å²) in [5.74, 6) is -0.539.